The van der Waals surface area contributed by atoms with Gasteiger partial charge >= 0.3 is 12.1 Å². The number of ether oxygens (including phenoxy) is 2. The minimum absolute atomic E-state index is 0.171. The van der Waals surface area contributed by atoms with Gasteiger partial charge in [0.2, 0.25) is 0 Å². The number of aryl methyl sites for hydroxylation is 1. The van der Waals surface area contributed by atoms with Gasteiger partial charge in [0.15, 0.2) is 5.58 Å². The van der Waals surface area contributed by atoms with Crippen LogP contribution in [0.2, 0.25) is 0 Å². The van der Waals surface area contributed by atoms with Crippen molar-refractivity contribution >= 4 is 23.0 Å². The van der Waals surface area contributed by atoms with E-state index in [2.05, 4.69) is 5.32 Å². The van der Waals surface area contributed by atoms with Gasteiger partial charge in [0.25, 0.3) is 5.56 Å². The Morgan fingerprint density at radius 3 is 2.23 bits per heavy atom. The van der Waals surface area contributed by atoms with Gasteiger partial charge in [-0.15, -0.1) is 0 Å². The summed E-state index contributed by atoms with van der Waals surface area (Å²) >= 11 is 0. The molecule has 1 amide bonds. The number of alkyl carbamates (subject to hydrolysis) is 1. The van der Waals surface area contributed by atoms with Crippen molar-refractivity contribution in [2.75, 3.05) is 7.11 Å². The number of pyridine rings is 1. The van der Waals surface area contributed by atoms with E-state index in [9.17, 15) is 14.4 Å². The van der Waals surface area contributed by atoms with Crippen LogP contribution in [-0.4, -0.2) is 29.3 Å². The first kappa shape index (κ1) is 26.3. The van der Waals surface area contributed by atoms with Crippen LogP contribution in [0.3, 0.4) is 0 Å². The molecule has 1 saturated carbocycles. The monoisotopic (exact) mass is 528 g/mol. The number of aromatic nitrogens is 1. The van der Waals surface area contributed by atoms with Gasteiger partial charge in [-0.1, -0.05) is 54.6 Å². The standard InChI is InChI=1S/C31H32N2O6/c1-30(2,3)39-29(36)32-31(16-9-17-31)21-14-12-20(13-15-21)25-23(19-10-7-6-8-11-19)24-26(38-25)22(28(35)37-5)18-33(4)27(24)34/h6-8,10-15,18H,9,16-17H2,1-5H3,(H,32,36). The fourth-order valence-corrected chi connectivity index (χ4v) is 5.11. The van der Waals surface area contributed by atoms with E-state index in [-0.39, 0.29) is 16.7 Å². The van der Waals surface area contributed by atoms with E-state index in [1.54, 1.807) is 7.05 Å². The lowest BCUT2D eigenvalue weighted by Gasteiger charge is -2.43. The summed E-state index contributed by atoms with van der Waals surface area (Å²) < 4.78 is 18.2. The summed E-state index contributed by atoms with van der Waals surface area (Å²) in [6.07, 6.45) is 3.61. The molecule has 0 unspecified atom stereocenters. The highest BCUT2D eigenvalue weighted by molar-refractivity contribution is 6.09. The molecule has 0 atom stereocenters. The summed E-state index contributed by atoms with van der Waals surface area (Å²) in [5.74, 6) is -0.120. The summed E-state index contributed by atoms with van der Waals surface area (Å²) in [5, 5.41) is 3.39. The molecule has 1 N–H and O–H groups in total. The van der Waals surface area contributed by atoms with Crippen LogP contribution in [-0.2, 0) is 22.1 Å². The Bertz CT molecular complexity index is 1600. The number of carbonyl (C=O) groups excluding carboxylic acids is 2. The van der Waals surface area contributed by atoms with E-state index in [0.717, 1.165) is 36.0 Å². The van der Waals surface area contributed by atoms with Crippen LogP contribution in [0.15, 0.2) is 70.0 Å². The largest absolute Gasteiger partial charge is 0.465 e. The number of furan rings is 1. The molecule has 1 aliphatic rings. The fourth-order valence-electron chi connectivity index (χ4n) is 5.11. The highest BCUT2D eigenvalue weighted by atomic mass is 16.6. The molecule has 0 spiro atoms. The normalized spacial score (nSPS) is 14.5. The minimum Gasteiger partial charge on any atom is -0.465 e. The maximum absolute atomic E-state index is 13.4. The molecule has 2 heterocycles. The molecular weight excluding hydrogens is 496 g/mol. The van der Waals surface area contributed by atoms with Crippen LogP contribution < -0.4 is 10.9 Å². The zero-order valence-electron chi connectivity index (χ0n) is 22.8. The van der Waals surface area contributed by atoms with Gasteiger partial charge in [0.1, 0.15) is 16.9 Å². The molecule has 39 heavy (non-hydrogen) atoms. The third-order valence-corrected chi connectivity index (χ3v) is 7.12. The van der Waals surface area contributed by atoms with Gasteiger partial charge in [0.05, 0.1) is 18.0 Å². The van der Waals surface area contributed by atoms with Crippen LogP contribution >= 0.6 is 0 Å². The average molecular weight is 529 g/mol. The van der Waals surface area contributed by atoms with Crippen molar-refractivity contribution in [2.24, 2.45) is 7.05 Å². The van der Waals surface area contributed by atoms with Crippen LogP contribution in [0.5, 0.6) is 0 Å². The van der Waals surface area contributed by atoms with Crippen molar-refractivity contribution < 1.29 is 23.5 Å². The highest BCUT2D eigenvalue weighted by Crippen LogP contribution is 2.44. The Morgan fingerprint density at radius 2 is 1.67 bits per heavy atom. The third-order valence-electron chi connectivity index (χ3n) is 7.12. The highest BCUT2D eigenvalue weighted by Gasteiger charge is 2.41. The number of hydrogen-bond acceptors (Lipinski definition) is 6. The fraction of sp³-hybridized carbons (Fsp3) is 0.323. The SMILES string of the molecule is COC(=O)c1cn(C)c(=O)c2c(-c3ccccc3)c(-c3ccc(C4(NC(=O)OC(C)(C)C)CCC4)cc3)oc12. The number of nitrogens with one attached hydrogen (secondary N) is 1. The van der Waals surface area contributed by atoms with E-state index >= 15 is 0 Å². The number of carbonyl (C=O) groups is 2. The first-order valence-corrected chi connectivity index (χ1v) is 12.9. The number of fused-ring (bicyclic) bond motifs is 1. The molecule has 5 rings (SSSR count). The topological polar surface area (TPSA) is 99.8 Å². The maximum Gasteiger partial charge on any atom is 0.408 e. The van der Waals surface area contributed by atoms with E-state index in [0.29, 0.717) is 16.7 Å². The van der Waals surface area contributed by atoms with Crippen LogP contribution in [0.25, 0.3) is 33.4 Å². The number of nitrogens with zero attached hydrogens (tertiary/aromatic N) is 1. The molecular formula is C31H32N2O6. The number of hydrogen-bond donors (Lipinski definition) is 1. The second-order valence-corrected chi connectivity index (χ2v) is 11.0. The van der Waals surface area contributed by atoms with Crippen molar-refractivity contribution in [3.8, 4) is 22.5 Å². The smallest absolute Gasteiger partial charge is 0.408 e. The first-order chi connectivity index (χ1) is 18.5. The molecule has 0 bridgehead atoms. The molecule has 0 aliphatic heterocycles. The molecule has 8 heteroatoms. The van der Waals surface area contributed by atoms with Crippen LogP contribution in [0.1, 0.15) is 56.0 Å². The van der Waals surface area contributed by atoms with E-state index in [1.807, 2.05) is 75.4 Å². The summed E-state index contributed by atoms with van der Waals surface area (Å²) in [6, 6.07) is 17.2. The van der Waals surface area contributed by atoms with Crippen LogP contribution in [0, 0.1) is 0 Å². The molecule has 1 fully saturated rings. The minimum atomic E-state index is -0.592. The van der Waals surface area contributed by atoms with Crippen molar-refractivity contribution in [3.05, 3.63) is 82.3 Å². The first-order valence-electron chi connectivity index (χ1n) is 12.9. The second-order valence-electron chi connectivity index (χ2n) is 11.0. The predicted molar refractivity (Wildman–Crippen MR) is 149 cm³/mol. The van der Waals surface area contributed by atoms with E-state index in [1.165, 1.54) is 17.9 Å². The van der Waals surface area contributed by atoms with Crippen molar-refractivity contribution in [2.45, 2.75) is 51.2 Å². The summed E-state index contributed by atoms with van der Waals surface area (Å²) in [4.78, 5) is 38.6. The van der Waals surface area contributed by atoms with Gasteiger partial charge in [0, 0.05) is 24.4 Å². The molecule has 0 radical (unpaired) electrons. The zero-order chi connectivity index (χ0) is 27.9. The number of amides is 1. The van der Waals surface area contributed by atoms with Gasteiger partial charge in [-0.05, 0) is 51.2 Å². The third kappa shape index (κ3) is 4.82. The Labute approximate surface area is 226 Å². The zero-order valence-corrected chi connectivity index (χ0v) is 22.8. The van der Waals surface area contributed by atoms with Gasteiger partial charge < -0.3 is 23.8 Å². The number of esters is 1. The Morgan fingerprint density at radius 1 is 1.00 bits per heavy atom. The second kappa shape index (κ2) is 9.76. The lowest BCUT2D eigenvalue weighted by Crippen LogP contribution is -2.52. The molecule has 8 nitrogen and oxygen atoms in total. The molecule has 202 valence electrons. The Kier molecular flexibility index (Phi) is 6.58. The summed E-state index contributed by atoms with van der Waals surface area (Å²) in [6.45, 7) is 5.52. The summed E-state index contributed by atoms with van der Waals surface area (Å²) in [5.41, 5.74) is 2.09. The Hall–Kier alpha value is -4.33. The summed E-state index contributed by atoms with van der Waals surface area (Å²) in [7, 11) is 2.89. The van der Waals surface area contributed by atoms with Crippen molar-refractivity contribution in [1.82, 2.24) is 9.88 Å². The average Bonchev–Trinajstić information content (AvgIpc) is 3.28. The van der Waals surface area contributed by atoms with E-state index in [4.69, 9.17) is 13.9 Å². The number of rotatable bonds is 5. The maximum atomic E-state index is 13.4. The molecule has 0 saturated heterocycles. The lowest BCUT2D eigenvalue weighted by molar-refractivity contribution is 0.0377. The van der Waals surface area contributed by atoms with Crippen molar-refractivity contribution in [3.63, 3.8) is 0 Å². The molecule has 4 aromatic rings. The molecule has 2 aromatic heterocycles. The molecule has 1 aliphatic carbocycles. The van der Waals surface area contributed by atoms with Crippen molar-refractivity contribution in [1.29, 1.82) is 0 Å². The molecule has 2 aromatic carbocycles. The Balaban J connectivity index is 1.63. The number of methoxy groups -OCH3 is 1. The lowest BCUT2D eigenvalue weighted by atomic mass is 9.71. The van der Waals surface area contributed by atoms with Gasteiger partial charge in [-0.3, -0.25) is 4.79 Å². The quantitative estimate of drug-likeness (QED) is 0.312. The van der Waals surface area contributed by atoms with Gasteiger partial charge in [-0.2, -0.15) is 0 Å². The van der Waals surface area contributed by atoms with Crippen LogP contribution in [0.4, 0.5) is 4.79 Å². The number of benzene rings is 2. The van der Waals surface area contributed by atoms with Gasteiger partial charge in [-0.25, -0.2) is 9.59 Å². The van der Waals surface area contributed by atoms with E-state index < -0.39 is 23.2 Å². The predicted octanol–water partition coefficient (Wildman–Crippen LogP) is 6.16.